The van der Waals surface area contributed by atoms with Crippen molar-refractivity contribution in [3.05, 3.63) is 63.1 Å². The van der Waals surface area contributed by atoms with Gasteiger partial charge >= 0.3 is 0 Å². The summed E-state index contributed by atoms with van der Waals surface area (Å²) >= 11 is 1.51. The number of benzene rings is 2. The van der Waals surface area contributed by atoms with Gasteiger partial charge in [-0.05, 0) is 29.8 Å². The number of nitrogens with zero attached hydrogens (tertiary/aromatic N) is 4. The summed E-state index contributed by atoms with van der Waals surface area (Å²) in [4.78, 5) is 17.1. The Morgan fingerprint density at radius 2 is 1.61 bits per heavy atom. The molecular formula is C23H26N4O7S2. The normalized spacial score (nSPS) is 14.5. The van der Waals surface area contributed by atoms with E-state index in [1.165, 1.54) is 39.9 Å². The summed E-state index contributed by atoms with van der Waals surface area (Å²) in [6.45, 7) is 1.56. The SMILES string of the molecule is COc1cc(Cc2csc(N3CCN(S(=O)(=O)c4ccc([N+](=O)[O-])cc4)CC3)n2)cc(OC)c1OC. The van der Waals surface area contributed by atoms with Gasteiger partial charge in [0.25, 0.3) is 5.69 Å². The fraction of sp³-hybridized carbons (Fsp3) is 0.348. The van der Waals surface area contributed by atoms with Gasteiger partial charge in [-0.1, -0.05) is 0 Å². The van der Waals surface area contributed by atoms with E-state index in [4.69, 9.17) is 19.2 Å². The molecule has 0 amide bonds. The van der Waals surface area contributed by atoms with Crippen molar-refractivity contribution in [2.24, 2.45) is 0 Å². The van der Waals surface area contributed by atoms with Crippen LogP contribution in [0.5, 0.6) is 17.2 Å². The highest BCUT2D eigenvalue weighted by Crippen LogP contribution is 2.39. The number of piperazine rings is 1. The molecular weight excluding hydrogens is 508 g/mol. The number of ether oxygens (including phenoxy) is 3. The first kappa shape index (κ1) is 25.7. The van der Waals surface area contributed by atoms with Crippen LogP contribution in [-0.4, -0.2) is 70.1 Å². The van der Waals surface area contributed by atoms with Crippen LogP contribution in [0.25, 0.3) is 0 Å². The van der Waals surface area contributed by atoms with Crippen LogP contribution >= 0.6 is 11.3 Å². The fourth-order valence-electron chi connectivity index (χ4n) is 3.98. The topological polar surface area (TPSA) is 124 Å². The summed E-state index contributed by atoms with van der Waals surface area (Å²) in [7, 11) is 0.973. The van der Waals surface area contributed by atoms with Gasteiger partial charge in [0.2, 0.25) is 15.8 Å². The van der Waals surface area contributed by atoms with Gasteiger partial charge in [0.15, 0.2) is 16.6 Å². The molecule has 4 rings (SSSR count). The Kier molecular flexibility index (Phi) is 7.62. The molecule has 2 heterocycles. The Hall–Kier alpha value is -3.42. The van der Waals surface area contributed by atoms with Crippen molar-refractivity contribution in [1.29, 1.82) is 0 Å². The van der Waals surface area contributed by atoms with Crippen molar-refractivity contribution in [1.82, 2.24) is 9.29 Å². The number of anilines is 1. The maximum atomic E-state index is 13.0. The molecule has 0 aliphatic carbocycles. The van der Waals surface area contributed by atoms with E-state index >= 15 is 0 Å². The second kappa shape index (κ2) is 10.7. The highest BCUT2D eigenvalue weighted by Gasteiger charge is 2.29. The zero-order valence-electron chi connectivity index (χ0n) is 20.0. The van der Waals surface area contributed by atoms with Crippen molar-refractivity contribution in [3.8, 4) is 17.2 Å². The van der Waals surface area contributed by atoms with Gasteiger partial charge in [0.05, 0.1) is 36.8 Å². The van der Waals surface area contributed by atoms with Gasteiger partial charge in [-0.15, -0.1) is 11.3 Å². The number of hydrogen-bond acceptors (Lipinski definition) is 10. The summed E-state index contributed by atoms with van der Waals surface area (Å²) in [6, 6.07) is 8.74. The van der Waals surface area contributed by atoms with Crippen molar-refractivity contribution in [2.75, 3.05) is 52.4 Å². The van der Waals surface area contributed by atoms with E-state index in [0.29, 0.717) is 49.8 Å². The van der Waals surface area contributed by atoms with Crippen LogP contribution in [0.3, 0.4) is 0 Å². The van der Waals surface area contributed by atoms with Gasteiger partial charge in [0.1, 0.15) is 0 Å². The van der Waals surface area contributed by atoms with Crippen LogP contribution in [0.2, 0.25) is 0 Å². The Morgan fingerprint density at radius 3 is 2.14 bits per heavy atom. The maximum absolute atomic E-state index is 13.0. The quantitative estimate of drug-likeness (QED) is 0.301. The van der Waals surface area contributed by atoms with Gasteiger partial charge in [-0.25, -0.2) is 13.4 Å². The molecule has 0 spiro atoms. The zero-order valence-corrected chi connectivity index (χ0v) is 21.7. The summed E-state index contributed by atoms with van der Waals surface area (Å²) in [6.07, 6.45) is 0.571. The van der Waals surface area contributed by atoms with Crippen LogP contribution in [-0.2, 0) is 16.4 Å². The van der Waals surface area contributed by atoms with E-state index in [-0.39, 0.29) is 10.6 Å². The standard InChI is InChI=1S/C23H26N4O7S2/c1-32-20-13-16(14-21(33-2)22(20)34-3)12-17-15-35-23(24-17)25-8-10-26(11-9-25)36(30,31)19-6-4-18(5-7-19)27(28)29/h4-7,13-15H,8-12H2,1-3H3. The van der Waals surface area contributed by atoms with E-state index in [2.05, 4.69) is 4.90 Å². The molecule has 2 aromatic carbocycles. The lowest BCUT2D eigenvalue weighted by molar-refractivity contribution is -0.384. The van der Waals surface area contributed by atoms with Crippen LogP contribution < -0.4 is 19.1 Å². The molecule has 1 fully saturated rings. The molecule has 0 saturated carbocycles. The molecule has 3 aromatic rings. The third-order valence-corrected chi connectivity index (χ3v) is 8.71. The molecule has 0 radical (unpaired) electrons. The van der Waals surface area contributed by atoms with E-state index in [1.54, 1.807) is 21.3 Å². The van der Waals surface area contributed by atoms with E-state index in [9.17, 15) is 18.5 Å². The summed E-state index contributed by atoms with van der Waals surface area (Å²) in [5.74, 6) is 1.68. The first-order chi connectivity index (χ1) is 17.3. The third-order valence-electron chi connectivity index (χ3n) is 5.84. The van der Waals surface area contributed by atoms with Gasteiger partial charge in [-0.3, -0.25) is 10.1 Å². The van der Waals surface area contributed by atoms with E-state index in [1.807, 2.05) is 17.5 Å². The number of sulfonamides is 1. The zero-order chi connectivity index (χ0) is 25.9. The largest absolute Gasteiger partial charge is 0.493 e. The minimum atomic E-state index is -3.73. The number of thiazole rings is 1. The van der Waals surface area contributed by atoms with Crippen LogP contribution in [0.4, 0.5) is 10.8 Å². The van der Waals surface area contributed by atoms with Crippen molar-refractivity contribution < 1.29 is 27.6 Å². The summed E-state index contributed by atoms with van der Waals surface area (Å²) < 4.78 is 43.6. The first-order valence-corrected chi connectivity index (χ1v) is 13.3. The summed E-state index contributed by atoms with van der Waals surface area (Å²) in [5, 5.41) is 13.6. The van der Waals surface area contributed by atoms with Crippen LogP contribution in [0, 0.1) is 10.1 Å². The Balaban J connectivity index is 1.41. The number of nitro groups is 1. The summed E-state index contributed by atoms with van der Waals surface area (Å²) in [5.41, 5.74) is 1.69. The predicted octanol–water partition coefficient (Wildman–Crippen LogP) is 3.18. The number of rotatable bonds is 9. The molecule has 36 heavy (non-hydrogen) atoms. The predicted molar refractivity (Wildman–Crippen MR) is 135 cm³/mol. The molecule has 0 bridgehead atoms. The number of aromatic nitrogens is 1. The Morgan fingerprint density at radius 1 is 1.00 bits per heavy atom. The maximum Gasteiger partial charge on any atom is 0.269 e. The van der Waals surface area contributed by atoms with Crippen molar-refractivity contribution >= 4 is 32.2 Å². The van der Waals surface area contributed by atoms with Crippen molar-refractivity contribution in [2.45, 2.75) is 11.3 Å². The van der Waals surface area contributed by atoms with Gasteiger partial charge in [-0.2, -0.15) is 4.31 Å². The molecule has 13 heteroatoms. The minimum absolute atomic E-state index is 0.0448. The third kappa shape index (κ3) is 5.22. The fourth-order valence-corrected chi connectivity index (χ4v) is 6.28. The molecule has 0 unspecified atom stereocenters. The average Bonchev–Trinajstić information content (AvgIpc) is 3.36. The molecule has 192 valence electrons. The highest BCUT2D eigenvalue weighted by molar-refractivity contribution is 7.89. The lowest BCUT2D eigenvalue weighted by atomic mass is 10.1. The average molecular weight is 535 g/mol. The number of non-ortho nitro benzene ring substituents is 1. The molecule has 1 aliphatic rings. The molecule has 1 aliphatic heterocycles. The number of hydrogen-bond donors (Lipinski definition) is 0. The minimum Gasteiger partial charge on any atom is -0.493 e. The van der Waals surface area contributed by atoms with Gasteiger partial charge in [0, 0.05) is 50.1 Å². The smallest absolute Gasteiger partial charge is 0.269 e. The van der Waals surface area contributed by atoms with E-state index < -0.39 is 14.9 Å². The first-order valence-electron chi connectivity index (χ1n) is 11.0. The molecule has 1 saturated heterocycles. The molecule has 11 nitrogen and oxygen atoms in total. The monoisotopic (exact) mass is 534 g/mol. The lowest BCUT2D eigenvalue weighted by Crippen LogP contribution is -2.48. The lowest BCUT2D eigenvalue weighted by Gasteiger charge is -2.33. The molecule has 1 aromatic heterocycles. The second-order valence-electron chi connectivity index (χ2n) is 7.97. The van der Waals surface area contributed by atoms with Crippen molar-refractivity contribution in [3.63, 3.8) is 0 Å². The molecule has 0 atom stereocenters. The second-order valence-corrected chi connectivity index (χ2v) is 10.7. The Labute approximate surface area is 213 Å². The number of nitro benzene ring substituents is 1. The van der Waals surface area contributed by atoms with Crippen LogP contribution in [0.15, 0.2) is 46.7 Å². The Bertz CT molecular complexity index is 1310. The number of methoxy groups -OCH3 is 3. The van der Waals surface area contributed by atoms with Crippen LogP contribution in [0.1, 0.15) is 11.3 Å². The van der Waals surface area contributed by atoms with E-state index in [0.717, 1.165) is 16.4 Å². The van der Waals surface area contributed by atoms with Gasteiger partial charge < -0.3 is 19.1 Å². The highest BCUT2D eigenvalue weighted by atomic mass is 32.2. The molecule has 0 N–H and O–H groups in total.